The number of nitrogens with zero attached hydrogens (tertiary/aromatic N) is 4. The van der Waals surface area contributed by atoms with Crippen molar-refractivity contribution < 1.29 is 14.6 Å². The van der Waals surface area contributed by atoms with Gasteiger partial charge in [0, 0.05) is 43.2 Å². The normalized spacial score (nSPS) is 13.8. The minimum Gasteiger partial charge on any atom is -0.481 e. The minimum atomic E-state index is -0.856. The number of anilines is 1. The van der Waals surface area contributed by atoms with Crippen LogP contribution in [0.1, 0.15) is 54.0 Å². The van der Waals surface area contributed by atoms with Gasteiger partial charge in [0.25, 0.3) is 0 Å². The van der Waals surface area contributed by atoms with Gasteiger partial charge in [0.15, 0.2) is 0 Å². The van der Waals surface area contributed by atoms with E-state index in [9.17, 15) is 9.90 Å². The summed E-state index contributed by atoms with van der Waals surface area (Å²) in [6.07, 6.45) is 10.6. The van der Waals surface area contributed by atoms with Gasteiger partial charge >= 0.3 is 5.97 Å². The van der Waals surface area contributed by atoms with Crippen LogP contribution in [0.2, 0.25) is 0 Å². The van der Waals surface area contributed by atoms with Gasteiger partial charge in [0.1, 0.15) is 5.82 Å². The van der Waals surface area contributed by atoms with E-state index < -0.39 is 5.97 Å². The average molecular weight is 436 g/mol. The molecule has 1 unspecified atom stereocenters. The van der Waals surface area contributed by atoms with E-state index in [0.29, 0.717) is 5.88 Å². The van der Waals surface area contributed by atoms with E-state index in [1.54, 1.807) is 25.6 Å². The molecule has 0 amide bonds. The number of aromatic nitrogens is 4. The number of carbonyl (C=O) groups is 1. The van der Waals surface area contributed by atoms with Crippen molar-refractivity contribution in [2.75, 3.05) is 19.0 Å². The second kappa shape index (κ2) is 10.3. The largest absolute Gasteiger partial charge is 0.481 e. The first-order chi connectivity index (χ1) is 15.6. The summed E-state index contributed by atoms with van der Waals surface area (Å²) in [6.45, 7) is 1.78. The van der Waals surface area contributed by atoms with E-state index in [2.05, 4.69) is 27.5 Å². The van der Waals surface area contributed by atoms with Crippen LogP contribution in [0.3, 0.4) is 0 Å². The third-order valence-electron chi connectivity index (χ3n) is 5.83. The van der Waals surface area contributed by atoms with E-state index in [1.807, 2.05) is 16.9 Å². The standard InChI is InChI=1S/C24H29N5O3/c1-32-22-10-8-18(14-26-22)21(13-23(30)31)19-15-27-29(16-19)12-3-2-6-20-9-7-17-5-4-11-25-24(17)28-20/h7-10,14-16,21H,2-6,11-13H2,1H3,(H,25,28)(H,30,31). The molecule has 0 spiro atoms. The number of unbranched alkanes of at least 4 members (excludes halogenated alkanes) is 1. The monoisotopic (exact) mass is 435 g/mol. The van der Waals surface area contributed by atoms with E-state index in [4.69, 9.17) is 9.72 Å². The lowest BCUT2D eigenvalue weighted by molar-refractivity contribution is -0.137. The number of rotatable bonds is 10. The lowest BCUT2D eigenvalue weighted by atomic mass is 9.92. The zero-order chi connectivity index (χ0) is 22.3. The summed E-state index contributed by atoms with van der Waals surface area (Å²) in [7, 11) is 1.55. The fraction of sp³-hybridized carbons (Fsp3) is 0.417. The summed E-state index contributed by atoms with van der Waals surface area (Å²) < 4.78 is 6.99. The number of pyridine rings is 2. The first-order valence-electron chi connectivity index (χ1n) is 11.1. The molecule has 0 aliphatic carbocycles. The number of hydrogen-bond donors (Lipinski definition) is 2. The summed E-state index contributed by atoms with van der Waals surface area (Å²) in [4.78, 5) is 20.4. The van der Waals surface area contributed by atoms with Crippen LogP contribution in [0.25, 0.3) is 0 Å². The Kier molecular flexibility index (Phi) is 6.99. The first-order valence-corrected chi connectivity index (χ1v) is 11.1. The Morgan fingerprint density at radius 3 is 2.91 bits per heavy atom. The molecule has 0 saturated heterocycles. The van der Waals surface area contributed by atoms with E-state index >= 15 is 0 Å². The SMILES string of the molecule is COc1ccc(C(CC(=O)O)c2cnn(CCCCc3ccc4c(n3)NCCC4)c2)cn1. The number of carboxylic acids is 1. The Morgan fingerprint density at radius 2 is 2.12 bits per heavy atom. The number of nitrogens with one attached hydrogen (secondary N) is 1. The molecule has 4 heterocycles. The predicted molar refractivity (Wildman–Crippen MR) is 121 cm³/mol. The van der Waals surface area contributed by atoms with Crippen LogP contribution in [0, 0.1) is 0 Å². The molecule has 0 saturated carbocycles. The molecular formula is C24H29N5O3. The number of carboxylic acid groups (broad SMARTS) is 1. The van der Waals surface area contributed by atoms with Crippen molar-refractivity contribution in [1.29, 1.82) is 0 Å². The van der Waals surface area contributed by atoms with E-state index in [1.165, 1.54) is 12.0 Å². The van der Waals surface area contributed by atoms with Crippen LogP contribution in [-0.2, 0) is 24.2 Å². The van der Waals surface area contributed by atoms with Crippen LogP contribution in [-0.4, -0.2) is 44.5 Å². The van der Waals surface area contributed by atoms with Crippen LogP contribution in [0.5, 0.6) is 5.88 Å². The maximum absolute atomic E-state index is 11.4. The molecule has 0 radical (unpaired) electrons. The van der Waals surface area contributed by atoms with Crippen molar-refractivity contribution in [3.05, 3.63) is 65.2 Å². The summed E-state index contributed by atoms with van der Waals surface area (Å²) in [5.74, 6) is 0.392. The average Bonchev–Trinajstić information content (AvgIpc) is 3.29. The number of aryl methyl sites for hydroxylation is 3. The predicted octanol–water partition coefficient (Wildman–Crippen LogP) is 3.67. The highest BCUT2D eigenvalue weighted by Gasteiger charge is 2.20. The summed E-state index contributed by atoms with van der Waals surface area (Å²) in [5.41, 5.74) is 4.14. The number of methoxy groups -OCH3 is 1. The van der Waals surface area contributed by atoms with Crippen molar-refractivity contribution in [2.45, 2.75) is 51.0 Å². The molecule has 0 bridgehead atoms. The van der Waals surface area contributed by atoms with Crippen LogP contribution in [0.4, 0.5) is 5.82 Å². The first kappa shape index (κ1) is 21.8. The Balaban J connectivity index is 1.34. The van der Waals surface area contributed by atoms with Crippen molar-refractivity contribution in [1.82, 2.24) is 19.7 Å². The summed E-state index contributed by atoms with van der Waals surface area (Å²) >= 11 is 0. The van der Waals surface area contributed by atoms with E-state index in [0.717, 1.165) is 61.4 Å². The van der Waals surface area contributed by atoms with Crippen molar-refractivity contribution in [3.63, 3.8) is 0 Å². The maximum atomic E-state index is 11.4. The quantitative estimate of drug-likeness (QED) is 0.469. The second-order valence-corrected chi connectivity index (χ2v) is 8.12. The maximum Gasteiger partial charge on any atom is 0.304 e. The second-order valence-electron chi connectivity index (χ2n) is 8.12. The molecule has 32 heavy (non-hydrogen) atoms. The highest BCUT2D eigenvalue weighted by molar-refractivity contribution is 5.69. The van der Waals surface area contributed by atoms with Gasteiger partial charge in [-0.2, -0.15) is 5.10 Å². The molecule has 8 heteroatoms. The molecule has 1 aliphatic heterocycles. The van der Waals surface area contributed by atoms with Gasteiger partial charge in [-0.1, -0.05) is 12.1 Å². The Morgan fingerprint density at radius 1 is 1.22 bits per heavy atom. The molecule has 0 fully saturated rings. The van der Waals surface area contributed by atoms with Gasteiger partial charge in [-0.15, -0.1) is 0 Å². The highest BCUT2D eigenvalue weighted by atomic mass is 16.5. The van der Waals surface area contributed by atoms with E-state index in [-0.39, 0.29) is 12.3 Å². The molecule has 3 aromatic heterocycles. The number of aliphatic carboxylic acids is 1. The fourth-order valence-electron chi connectivity index (χ4n) is 4.09. The zero-order valence-corrected chi connectivity index (χ0v) is 18.3. The Labute approximate surface area is 187 Å². The van der Waals surface area contributed by atoms with Gasteiger partial charge < -0.3 is 15.2 Å². The third-order valence-corrected chi connectivity index (χ3v) is 5.83. The minimum absolute atomic E-state index is 0.0161. The number of ether oxygens (including phenoxy) is 1. The molecule has 4 rings (SSSR count). The van der Waals surface area contributed by atoms with Crippen LogP contribution >= 0.6 is 0 Å². The molecule has 2 N–H and O–H groups in total. The van der Waals surface area contributed by atoms with Gasteiger partial charge in [-0.05, 0) is 54.9 Å². The summed E-state index contributed by atoms with van der Waals surface area (Å²) in [5, 5.41) is 17.2. The molecule has 3 aromatic rings. The smallest absolute Gasteiger partial charge is 0.304 e. The Hall–Kier alpha value is -3.42. The van der Waals surface area contributed by atoms with Gasteiger partial charge in [0.05, 0.1) is 19.7 Å². The highest BCUT2D eigenvalue weighted by Crippen LogP contribution is 2.28. The zero-order valence-electron chi connectivity index (χ0n) is 18.3. The molecule has 0 aromatic carbocycles. The summed E-state index contributed by atoms with van der Waals surface area (Å²) in [6, 6.07) is 7.94. The van der Waals surface area contributed by atoms with Gasteiger partial charge in [-0.3, -0.25) is 9.48 Å². The van der Waals surface area contributed by atoms with Crippen LogP contribution < -0.4 is 10.1 Å². The van der Waals surface area contributed by atoms with Crippen molar-refractivity contribution >= 4 is 11.8 Å². The number of fused-ring (bicyclic) bond motifs is 1. The molecule has 1 atom stereocenters. The molecular weight excluding hydrogens is 406 g/mol. The molecule has 1 aliphatic rings. The lowest BCUT2D eigenvalue weighted by Crippen LogP contribution is -2.14. The molecule has 8 nitrogen and oxygen atoms in total. The van der Waals surface area contributed by atoms with Gasteiger partial charge in [0.2, 0.25) is 5.88 Å². The fourth-order valence-corrected chi connectivity index (χ4v) is 4.09. The Bertz CT molecular complexity index is 1050. The van der Waals surface area contributed by atoms with Gasteiger partial charge in [-0.25, -0.2) is 9.97 Å². The third kappa shape index (κ3) is 5.43. The van der Waals surface area contributed by atoms with Crippen molar-refractivity contribution in [2.24, 2.45) is 0 Å². The van der Waals surface area contributed by atoms with Crippen molar-refractivity contribution in [3.8, 4) is 5.88 Å². The number of hydrogen-bond acceptors (Lipinski definition) is 6. The molecule has 168 valence electrons. The topological polar surface area (TPSA) is 102 Å². The van der Waals surface area contributed by atoms with Crippen LogP contribution in [0.15, 0.2) is 42.9 Å². The lowest BCUT2D eigenvalue weighted by Gasteiger charge is -2.17.